The molecule has 0 rings (SSSR count). The van der Waals surface area contributed by atoms with Gasteiger partial charge in [0, 0.05) is 19.3 Å². The number of unbranched alkanes of at least 4 members (excludes halogenated alkanes) is 22. The standard InChI is InChI=1S/C48H84O6/c1-4-7-10-13-16-19-22-23-24-25-27-29-32-35-38-41-47(50)53-44-45(43-52-46(49)40-37-34-31-28-21-18-15-12-9-6-3)54-48(51)42-39-36-33-30-26-20-17-14-11-8-5-2/h14-15,17-20,22,26,45H,4-13,16,21,23-25,27-44H2,1-3H3/b17-14-,18-15-,22-19-,26-20-. The van der Waals surface area contributed by atoms with E-state index in [-0.39, 0.29) is 31.1 Å². The molecule has 0 saturated heterocycles. The second kappa shape index (κ2) is 43.1. The molecule has 0 aromatic rings. The lowest BCUT2D eigenvalue weighted by atomic mass is 10.1. The molecule has 0 saturated carbocycles. The molecule has 0 aromatic carbocycles. The summed E-state index contributed by atoms with van der Waals surface area (Å²) in [7, 11) is 0. The molecule has 6 heteroatoms. The van der Waals surface area contributed by atoms with Gasteiger partial charge in [0.1, 0.15) is 13.2 Å². The molecule has 1 unspecified atom stereocenters. The van der Waals surface area contributed by atoms with Crippen LogP contribution in [0.2, 0.25) is 0 Å². The van der Waals surface area contributed by atoms with Crippen LogP contribution >= 0.6 is 0 Å². The van der Waals surface area contributed by atoms with Crippen LogP contribution in [0.1, 0.15) is 220 Å². The molecule has 0 bridgehead atoms. The van der Waals surface area contributed by atoms with Gasteiger partial charge in [-0.15, -0.1) is 0 Å². The fraction of sp³-hybridized carbons (Fsp3) is 0.771. The van der Waals surface area contributed by atoms with E-state index in [1.807, 2.05) is 0 Å². The third-order valence-corrected chi connectivity index (χ3v) is 9.55. The normalized spacial score (nSPS) is 12.4. The van der Waals surface area contributed by atoms with Crippen molar-refractivity contribution < 1.29 is 28.6 Å². The molecular formula is C48H84O6. The lowest BCUT2D eigenvalue weighted by molar-refractivity contribution is -0.167. The maximum Gasteiger partial charge on any atom is 0.306 e. The Morgan fingerprint density at radius 3 is 1.13 bits per heavy atom. The highest BCUT2D eigenvalue weighted by Crippen LogP contribution is 2.13. The number of hydrogen-bond donors (Lipinski definition) is 0. The average Bonchev–Trinajstić information content (AvgIpc) is 3.17. The Balaban J connectivity index is 4.40. The number of allylic oxidation sites excluding steroid dienone is 8. The molecule has 54 heavy (non-hydrogen) atoms. The van der Waals surface area contributed by atoms with Crippen LogP contribution in [0.5, 0.6) is 0 Å². The lowest BCUT2D eigenvalue weighted by Crippen LogP contribution is -2.30. The van der Waals surface area contributed by atoms with E-state index in [2.05, 4.69) is 69.4 Å². The fourth-order valence-electron chi connectivity index (χ4n) is 6.04. The van der Waals surface area contributed by atoms with Gasteiger partial charge in [0.05, 0.1) is 0 Å². The molecule has 0 aliphatic carbocycles. The van der Waals surface area contributed by atoms with Crippen LogP contribution in [-0.2, 0) is 28.6 Å². The van der Waals surface area contributed by atoms with Gasteiger partial charge in [-0.1, -0.05) is 166 Å². The summed E-state index contributed by atoms with van der Waals surface area (Å²) in [6.45, 7) is 6.48. The van der Waals surface area contributed by atoms with Crippen molar-refractivity contribution >= 4 is 17.9 Å². The van der Waals surface area contributed by atoms with Gasteiger partial charge in [-0.3, -0.25) is 14.4 Å². The van der Waals surface area contributed by atoms with Crippen molar-refractivity contribution in [2.24, 2.45) is 0 Å². The maximum absolute atomic E-state index is 12.7. The second-order valence-corrected chi connectivity index (χ2v) is 15.0. The third kappa shape index (κ3) is 40.6. The van der Waals surface area contributed by atoms with Crippen LogP contribution in [0, 0.1) is 0 Å². The minimum atomic E-state index is -0.789. The van der Waals surface area contributed by atoms with Gasteiger partial charge in [-0.05, 0) is 83.5 Å². The fourth-order valence-corrected chi connectivity index (χ4v) is 6.04. The lowest BCUT2D eigenvalue weighted by Gasteiger charge is -2.18. The van der Waals surface area contributed by atoms with Crippen LogP contribution in [0.15, 0.2) is 48.6 Å². The summed E-state index contributed by atoms with van der Waals surface area (Å²) in [4.78, 5) is 37.6. The van der Waals surface area contributed by atoms with Gasteiger partial charge >= 0.3 is 17.9 Å². The molecule has 6 nitrogen and oxygen atoms in total. The van der Waals surface area contributed by atoms with Crippen LogP contribution in [0.3, 0.4) is 0 Å². The predicted molar refractivity (Wildman–Crippen MR) is 229 cm³/mol. The summed E-state index contributed by atoms with van der Waals surface area (Å²) in [5.41, 5.74) is 0. The van der Waals surface area contributed by atoms with Gasteiger partial charge in [0.25, 0.3) is 0 Å². The van der Waals surface area contributed by atoms with Crippen molar-refractivity contribution in [2.75, 3.05) is 13.2 Å². The zero-order valence-electron chi connectivity index (χ0n) is 35.5. The molecule has 0 aliphatic heterocycles. The summed E-state index contributed by atoms with van der Waals surface area (Å²) in [6.07, 6.45) is 49.5. The van der Waals surface area contributed by atoms with E-state index in [1.165, 1.54) is 89.9 Å². The zero-order chi connectivity index (χ0) is 39.4. The monoisotopic (exact) mass is 757 g/mol. The van der Waals surface area contributed by atoms with Gasteiger partial charge in [0.2, 0.25) is 0 Å². The average molecular weight is 757 g/mol. The molecule has 312 valence electrons. The van der Waals surface area contributed by atoms with Crippen molar-refractivity contribution in [3.05, 3.63) is 48.6 Å². The minimum absolute atomic E-state index is 0.0899. The summed E-state index contributed by atoms with van der Waals surface area (Å²) < 4.78 is 16.6. The van der Waals surface area contributed by atoms with E-state index < -0.39 is 6.10 Å². The quantitative estimate of drug-likeness (QED) is 0.0204. The highest BCUT2D eigenvalue weighted by atomic mass is 16.6. The van der Waals surface area contributed by atoms with Gasteiger partial charge < -0.3 is 14.2 Å². The molecule has 0 spiro atoms. The van der Waals surface area contributed by atoms with E-state index in [4.69, 9.17) is 14.2 Å². The molecule has 0 amide bonds. The number of carbonyl (C=O) groups excluding carboxylic acids is 3. The van der Waals surface area contributed by atoms with Gasteiger partial charge in [-0.25, -0.2) is 0 Å². The van der Waals surface area contributed by atoms with Crippen LogP contribution in [-0.4, -0.2) is 37.2 Å². The third-order valence-electron chi connectivity index (χ3n) is 9.55. The summed E-state index contributed by atoms with van der Waals surface area (Å²) in [5.74, 6) is -0.939. The number of hydrogen-bond acceptors (Lipinski definition) is 6. The number of carbonyl (C=O) groups is 3. The smallest absolute Gasteiger partial charge is 0.306 e. The van der Waals surface area contributed by atoms with Gasteiger partial charge in [0.15, 0.2) is 6.10 Å². The minimum Gasteiger partial charge on any atom is -0.462 e. The van der Waals surface area contributed by atoms with Crippen LogP contribution in [0.25, 0.3) is 0 Å². The second-order valence-electron chi connectivity index (χ2n) is 15.0. The Labute approximate surface area is 333 Å². The topological polar surface area (TPSA) is 78.9 Å². The first kappa shape index (κ1) is 51.4. The van der Waals surface area contributed by atoms with E-state index in [0.717, 1.165) is 89.9 Å². The van der Waals surface area contributed by atoms with E-state index in [9.17, 15) is 14.4 Å². The number of esters is 3. The molecule has 0 fully saturated rings. The van der Waals surface area contributed by atoms with E-state index in [0.29, 0.717) is 19.3 Å². The summed E-state index contributed by atoms with van der Waals surface area (Å²) >= 11 is 0. The van der Waals surface area contributed by atoms with Crippen molar-refractivity contribution in [1.29, 1.82) is 0 Å². The molecule has 1 atom stereocenters. The largest absolute Gasteiger partial charge is 0.462 e. The van der Waals surface area contributed by atoms with Crippen LogP contribution in [0.4, 0.5) is 0 Å². The molecular weight excluding hydrogens is 673 g/mol. The van der Waals surface area contributed by atoms with Crippen molar-refractivity contribution in [3.8, 4) is 0 Å². The van der Waals surface area contributed by atoms with E-state index >= 15 is 0 Å². The predicted octanol–water partition coefficient (Wildman–Crippen LogP) is 14.4. The molecule has 0 aromatic heterocycles. The zero-order valence-corrected chi connectivity index (χ0v) is 35.5. The Bertz CT molecular complexity index is 964. The molecule has 0 heterocycles. The Kier molecular flexibility index (Phi) is 41.0. The summed E-state index contributed by atoms with van der Waals surface area (Å²) in [5, 5.41) is 0. The Hall–Kier alpha value is -2.63. The maximum atomic E-state index is 12.7. The van der Waals surface area contributed by atoms with Crippen molar-refractivity contribution in [1.82, 2.24) is 0 Å². The first-order valence-electron chi connectivity index (χ1n) is 22.7. The number of ether oxygens (including phenoxy) is 3. The van der Waals surface area contributed by atoms with E-state index in [1.54, 1.807) is 0 Å². The molecule has 0 N–H and O–H groups in total. The molecule has 0 radical (unpaired) electrons. The highest BCUT2D eigenvalue weighted by molar-refractivity contribution is 5.71. The Morgan fingerprint density at radius 2 is 0.685 bits per heavy atom. The summed E-state index contributed by atoms with van der Waals surface area (Å²) in [6, 6.07) is 0. The SMILES string of the molecule is CCCC/C=C\C=C/CCCCCC(=O)OC(COC(=O)CCCCCC/C=C\CCCC)COC(=O)CCCCCCCCC/C=C\CCCCCC. The van der Waals surface area contributed by atoms with Crippen LogP contribution < -0.4 is 0 Å². The Morgan fingerprint density at radius 1 is 0.370 bits per heavy atom. The number of rotatable bonds is 40. The first-order valence-corrected chi connectivity index (χ1v) is 22.7. The first-order chi connectivity index (χ1) is 26.5. The van der Waals surface area contributed by atoms with Crippen molar-refractivity contribution in [3.63, 3.8) is 0 Å². The highest BCUT2D eigenvalue weighted by Gasteiger charge is 2.19. The molecule has 0 aliphatic rings. The van der Waals surface area contributed by atoms with Gasteiger partial charge in [-0.2, -0.15) is 0 Å². The van der Waals surface area contributed by atoms with Crippen molar-refractivity contribution in [2.45, 2.75) is 226 Å².